The molecular formula is C13H21NO. The molecule has 15 heavy (non-hydrogen) atoms. The van der Waals surface area contributed by atoms with Gasteiger partial charge in [0.2, 0.25) is 0 Å². The van der Waals surface area contributed by atoms with Crippen molar-refractivity contribution in [2.45, 2.75) is 39.7 Å². The van der Waals surface area contributed by atoms with Crippen LogP contribution in [0.2, 0.25) is 0 Å². The Morgan fingerprint density at radius 3 is 2.80 bits per heavy atom. The Labute approximate surface area is 92.6 Å². The van der Waals surface area contributed by atoms with E-state index in [0.717, 1.165) is 11.4 Å². The second kappa shape index (κ2) is 6.33. The molecule has 1 rings (SSSR count). The molecular weight excluding hydrogens is 186 g/mol. The van der Waals surface area contributed by atoms with E-state index in [9.17, 15) is 0 Å². The van der Waals surface area contributed by atoms with E-state index >= 15 is 0 Å². The second-order valence-corrected chi connectivity index (χ2v) is 3.79. The maximum atomic E-state index is 5.45. The Hall–Kier alpha value is -1.18. The summed E-state index contributed by atoms with van der Waals surface area (Å²) in [4.78, 5) is 0. The van der Waals surface area contributed by atoms with Gasteiger partial charge in [-0.2, -0.15) is 0 Å². The number of hydrogen-bond donors (Lipinski definition) is 1. The molecule has 0 amide bonds. The normalized spacial score (nSPS) is 12.2. The highest BCUT2D eigenvalue weighted by Gasteiger charge is 2.01. The SMILES string of the molecule is CCCC(C)Nc1cccc(OCC)c1. The maximum Gasteiger partial charge on any atom is 0.121 e. The monoisotopic (exact) mass is 207 g/mol. The molecule has 1 N–H and O–H groups in total. The molecule has 0 saturated heterocycles. The van der Waals surface area contributed by atoms with Crippen molar-refractivity contribution >= 4 is 5.69 Å². The van der Waals surface area contributed by atoms with Gasteiger partial charge in [0.25, 0.3) is 0 Å². The summed E-state index contributed by atoms with van der Waals surface area (Å²) < 4.78 is 5.45. The van der Waals surface area contributed by atoms with Crippen molar-refractivity contribution in [3.8, 4) is 5.75 Å². The van der Waals surface area contributed by atoms with Crippen LogP contribution in [0.4, 0.5) is 5.69 Å². The molecule has 0 radical (unpaired) electrons. The number of rotatable bonds is 6. The zero-order chi connectivity index (χ0) is 11.1. The summed E-state index contributed by atoms with van der Waals surface area (Å²) in [5.41, 5.74) is 1.14. The Kier molecular flexibility index (Phi) is 5.02. The van der Waals surface area contributed by atoms with Crippen molar-refractivity contribution in [1.82, 2.24) is 0 Å². The molecule has 1 aromatic rings. The molecule has 2 heteroatoms. The van der Waals surface area contributed by atoms with E-state index in [2.05, 4.69) is 31.3 Å². The van der Waals surface area contributed by atoms with Gasteiger partial charge >= 0.3 is 0 Å². The van der Waals surface area contributed by atoms with E-state index in [1.807, 2.05) is 19.1 Å². The predicted molar refractivity (Wildman–Crippen MR) is 65.6 cm³/mol. The number of anilines is 1. The topological polar surface area (TPSA) is 21.3 Å². The van der Waals surface area contributed by atoms with E-state index in [1.54, 1.807) is 0 Å². The molecule has 1 atom stereocenters. The molecule has 0 fully saturated rings. The Morgan fingerprint density at radius 2 is 2.13 bits per heavy atom. The number of ether oxygens (including phenoxy) is 1. The Morgan fingerprint density at radius 1 is 1.33 bits per heavy atom. The van der Waals surface area contributed by atoms with Crippen molar-refractivity contribution in [2.24, 2.45) is 0 Å². The summed E-state index contributed by atoms with van der Waals surface area (Å²) in [6, 6.07) is 8.65. The third-order valence-corrected chi connectivity index (χ3v) is 2.28. The first-order valence-electron chi connectivity index (χ1n) is 5.75. The molecule has 1 unspecified atom stereocenters. The first-order valence-corrected chi connectivity index (χ1v) is 5.75. The van der Waals surface area contributed by atoms with Crippen LogP contribution < -0.4 is 10.1 Å². The van der Waals surface area contributed by atoms with Gasteiger partial charge in [-0.25, -0.2) is 0 Å². The maximum absolute atomic E-state index is 5.45. The van der Waals surface area contributed by atoms with Gasteiger partial charge in [0, 0.05) is 17.8 Å². The quantitative estimate of drug-likeness (QED) is 0.768. The highest BCUT2D eigenvalue weighted by atomic mass is 16.5. The van der Waals surface area contributed by atoms with Gasteiger partial charge in [0.05, 0.1) is 6.61 Å². The van der Waals surface area contributed by atoms with Gasteiger partial charge in [0.15, 0.2) is 0 Å². The second-order valence-electron chi connectivity index (χ2n) is 3.79. The van der Waals surface area contributed by atoms with Gasteiger partial charge < -0.3 is 10.1 Å². The largest absolute Gasteiger partial charge is 0.494 e. The van der Waals surface area contributed by atoms with Crippen LogP contribution in [0.15, 0.2) is 24.3 Å². The fourth-order valence-corrected chi connectivity index (χ4v) is 1.63. The average Bonchev–Trinajstić information content (AvgIpc) is 2.19. The zero-order valence-electron chi connectivity index (χ0n) is 9.92. The Bertz CT molecular complexity index is 286. The first-order chi connectivity index (χ1) is 7.26. The lowest BCUT2D eigenvalue weighted by Gasteiger charge is -2.15. The number of benzene rings is 1. The van der Waals surface area contributed by atoms with Gasteiger partial charge in [-0.05, 0) is 32.4 Å². The van der Waals surface area contributed by atoms with Crippen LogP contribution in [-0.4, -0.2) is 12.6 Å². The van der Waals surface area contributed by atoms with Gasteiger partial charge in [-0.3, -0.25) is 0 Å². The highest BCUT2D eigenvalue weighted by Crippen LogP contribution is 2.18. The van der Waals surface area contributed by atoms with Crippen LogP contribution in [0.25, 0.3) is 0 Å². The van der Waals surface area contributed by atoms with Crippen molar-refractivity contribution in [1.29, 1.82) is 0 Å². The zero-order valence-corrected chi connectivity index (χ0v) is 9.92. The summed E-state index contributed by atoms with van der Waals surface area (Å²) in [7, 11) is 0. The van der Waals surface area contributed by atoms with Crippen molar-refractivity contribution < 1.29 is 4.74 Å². The van der Waals surface area contributed by atoms with E-state index in [4.69, 9.17) is 4.74 Å². The van der Waals surface area contributed by atoms with Crippen LogP contribution in [-0.2, 0) is 0 Å². The lowest BCUT2D eigenvalue weighted by atomic mass is 10.2. The summed E-state index contributed by atoms with van der Waals surface area (Å²) in [6.07, 6.45) is 2.40. The molecule has 0 bridgehead atoms. The molecule has 0 saturated carbocycles. The molecule has 2 nitrogen and oxygen atoms in total. The third kappa shape index (κ3) is 4.24. The average molecular weight is 207 g/mol. The van der Waals surface area contributed by atoms with E-state index < -0.39 is 0 Å². The summed E-state index contributed by atoms with van der Waals surface area (Å²) in [6.45, 7) is 7.12. The minimum Gasteiger partial charge on any atom is -0.494 e. The van der Waals surface area contributed by atoms with E-state index in [-0.39, 0.29) is 0 Å². The lowest BCUT2D eigenvalue weighted by molar-refractivity contribution is 0.340. The molecule has 0 aliphatic carbocycles. The molecule has 84 valence electrons. The standard InChI is InChI=1S/C13H21NO/c1-4-7-11(3)14-12-8-6-9-13(10-12)15-5-2/h6,8-11,14H,4-5,7H2,1-3H3. The summed E-state index contributed by atoms with van der Waals surface area (Å²) in [5, 5.41) is 3.46. The molecule has 1 aromatic carbocycles. The van der Waals surface area contributed by atoms with Crippen LogP contribution >= 0.6 is 0 Å². The highest BCUT2D eigenvalue weighted by molar-refractivity contribution is 5.48. The summed E-state index contributed by atoms with van der Waals surface area (Å²) >= 11 is 0. The molecule has 0 spiro atoms. The molecule has 0 aliphatic heterocycles. The molecule has 0 aromatic heterocycles. The van der Waals surface area contributed by atoms with Gasteiger partial charge in [-0.1, -0.05) is 19.4 Å². The number of nitrogens with one attached hydrogen (secondary N) is 1. The van der Waals surface area contributed by atoms with Crippen molar-refractivity contribution in [3.05, 3.63) is 24.3 Å². The van der Waals surface area contributed by atoms with Crippen LogP contribution in [0.1, 0.15) is 33.6 Å². The van der Waals surface area contributed by atoms with Crippen LogP contribution in [0.5, 0.6) is 5.75 Å². The number of hydrogen-bond acceptors (Lipinski definition) is 2. The summed E-state index contributed by atoms with van der Waals surface area (Å²) in [5.74, 6) is 0.936. The van der Waals surface area contributed by atoms with E-state index in [1.165, 1.54) is 12.8 Å². The van der Waals surface area contributed by atoms with Crippen LogP contribution in [0, 0.1) is 0 Å². The first kappa shape index (κ1) is 11.9. The minimum atomic E-state index is 0.520. The molecule has 0 aliphatic rings. The molecule has 0 heterocycles. The lowest BCUT2D eigenvalue weighted by Crippen LogP contribution is -2.14. The van der Waals surface area contributed by atoms with E-state index in [0.29, 0.717) is 12.6 Å². The van der Waals surface area contributed by atoms with Gasteiger partial charge in [-0.15, -0.1) is 0 Å². The van der Waals surface area contributed by atoms with Gasteiger partial charge in [0.1, 0.15) is 5.75 Å². The minimum absolute atomic E-state index is 0.520. The fraction of sp³-hybridized carbons (Fsp3) is 0.538. The Balaban J connectivity index is 2.56. The van der Waals surface area contributed by atoms with Crippen molar-refractivity contribution in [3.63, 3.8) is 0 Å². The predicted octanol–water partition coefficient (Wildman–Crippen LogP) is 3.69. The van der Waals surface area contributed by atoms with Crippen molar-refractivity contribution in [2.75, 3.05) is 11.9 Å². The fourth-order valence-electron chi connectivity index (χ4n) is 1.63. The third-order valence-electron chi connectivity index (χ3n) is 2.28. The smallest absolute Gasteiger partial charge is 0.121 e. The van der Waals surface area contributed by atoms with Crippen LogP contribution in [0.3, 0.4) is 0 Å².